The molecule has 2 saturated carbocycles. The smallest absolute Gasteiger partial charge is 0.309 e. The lowest BCUT2D eigenvalue weighted by Crippen LogP contribution is -2.28. The maximum absolute atomic E-state index is 11.6. The Bertz CT molecular complexity index is 328. The van der Waals surface area contributed by atoms with Crippen LogP contribution in [0.2, 0.25) is 0 Å². The molecule has 0 unspecified atom stereocenters. The van der Waals surface area contributed by atoms with Gasteiger partial charge in [-0.2, -0.15) is 0 Å². The molecule has 0 amide bonds. The summed E-state index contributed by atoms with van der Waals surface area (Å²) in [6, 6.07) is 0. The van der Waals surface area contributed by atoms with Gasteiger partial charge in [0.05, 0.1) is 12.0 Å². The van der Waals surface area contributed by atoms with E-state index in [1.807, 2.05) is 13.8 Å². The van der Waals surface area contributed by atoms with Gasteiger partial charge in [0.15, 0.2) is 0 Å². The maximum atomic E-state index is 11.6. The molecule has 0 aromatic carbocycles. The number of hydrogen-bond donors (Lipinski definition) is 0. The van der Waals surface area contributed by atoms with Crippen molar-refractivity contribution in [2.45, 2.75) is 105 Å². The Balaban J connectivity index is 0.000000253. The van der Waals surface area contributed by atoms with E-state index >= 15 is 0 Å². The first-order chi connectivity index (χ1) is 10.7. The third kappa shape index (κ3) is 8.22. The lowest BCUT2D eigenvalue weighted by molar-refractivity contribution is -0.154. The van der Waals surface area contributed by atoms with Gasteiger partial charge >= 0.3 is 5.97 Å². The molecular formula is C21H40O2. The van der Waals surface area contributed by atoms with E-state index in [-0.39, 0.29) is 18.0 Å². The van der Waals surface area contributed by atoms with Crippen LogP contribution in [0.5, 0.6) is 0 Å². The number of carbonyl (C=O) groups is 1. The van der Waals surface area contributed by atoms with Crippen LogP contribution in [0.15, 0.2) is 0 Å². The summed E-state index contributed by atoms with van der Waals surface area (Å²) < 4.78 is 5.22. The van der Waals surface area contributed by atoms with Gasteiger partial charge in [-0.25, -0.2) is 0 Å². The highest BCUT2D eigenvalue weighted by Gasteiger charge is 2.31. The monoisotopic (exact) mass is 324 g/mol. The van der Waals surface area contributed by atoms with Gasteiger partial charge in [-0.3, -0.25) is 4.79 Å². The van der Waals surface area contributed by atoms with Gasteiger partial charge in [-0.05, 0) is 56.8 Å². The molecule has 136 valence electrons. The van der Waals surface area contributed by atoms with Crippen LogP contribution < -0.4 is 0 Å². The molecule has 0 radical (unpaired) electrons. The molecule has 23 heavy (non-hydrogen) atoms. The first-order valence-electron chi connectivity index (χ1n) is 9.92. The Morgan fingerprint density at radius 1 is 0.913 bits per heavy atom. The van der Waals surface area contributed by atoms with E-state index in [1.165, 1.54) is 32.1 Å². The summed E-state index contributed by atoms with van der Waals surface area (Å²) in [7, 11) is 0. The first-order valence-corrected chi connectivity index (χ1v) is 9.92. The number of carbonyl (C=O) groups excluding carboxylic acids is 1. The minimum Gasteiger partial charge on any atom is -0.463 e. The number of ether oxygens (including phenoxy) is 1. The summed E-state index contributed by atoms with van der Waals surface area (Å²) >= 11 is 0. The van der Waals surface area contributed by atoms with Crippen LogP contribution in [0, 0.1) is 23.2 Å². The third-order valence-electron chi connectivity index (χ3n) is 5.62. The van der Waals surface area contributed by atoms with Crippen molar-refractivity contribution in [2.75, 3.05) is 0 Å². The van der Waals surface area contributed by atoms with E-state index in [9.17, 15) is 4.79 Å². The van der Waals surface area contributed by atoms with Gasteiger partial charge in [0.1, 0.15) is 0 Å². The fourth-order valence-electron chi connectivity index (χ4n) is 3.76. The van der Waals surface area contributed by atoms with Crippen molar-refractivity contribution in [3.05, 3.63) is 0 Å². The average molecular weight is 325 g/mol. The highest BCUT2D eigenvalue weighted by atomic mass is 16.5. The Hall–Kier alpha value is -0.530. The van der Waals surface area contributed by atoms with Crippen LogP contribution in [0.4, 0.5) is 0 Å². The van der Waals surface area contributed by atoms with Crippen LogP contribution in [-0.4, -0.2) is 12.1 Å². The highest BCUT2D eigenvalue weighted by Crippen LogP contribution is 2.38. The largest absolute Gasteiger partial charge is 0.463 e. The molecule has 0 N–H and O–H groups in total. The Morgan fingerprint density at radius 3 is 1.83 bits per heavy atom. The fourth-order valence-corrected chi connectivity index (χ4v) is 3.76. The lowest BCUT2D eigenvalue weighted by Gasteiger charge is -2.33. The summed E-state index contributed by atoms with van der Waals surface area (Å²) in [6.07, 6.45) is 11.8. The molecule has 2 rings (SSSR count). The molecular weight excluding hydrogens is 284 g/mol. The van der Waals surface area contributed by atoms with Crippen molar-refractivity contribution < 1.29 is 9.53 Å². The minimum absolute atomic E-state index is 0.00972. The topological polar surface area (TPSA) is 26.3 Å². The summed E-state index contributed by atoms with van der Waals surface area (Å²) in [6.45, 7) is 13.1. The average Bonchev–Trinajstić information content (AvgIpc) is 2.48. The normalized spacial score (nSPS) is 22.6. The van der Waals surface area contributed by atoms with Crippen molar-refractivity contribution in [1.29, 1.82) is 0 Å². The Morgan fingerprint density at radius 2 is 1.43 bits per heavy atom. The van der Waals surface area contributed by atoms with Crippen LogP contribution >= 0.6 is 0 Å². The summed E-state index contributed by atoms with van der Waals surface area (Å²) in [4.78, 5) is 11.6. The molecule has 0 heterocycles. The van der Waals surface area contributed by atoms with E-state index in [0.717, 1.165) is 37.5 Å². The second kappa shape index (κ2) is 9.69. The van der Waals surface area contributed by atoms with Crippen molar-refractivity contribution in [1.82, 2.24) is 0 Å². The van der Waals surface area contributed by atoms with Gasteiger partial charge < -0.3 is 4.74 Å². The van der Waals surface area contributed by atoms with Gasteiger partial charge in [0.25, 0.3) is 0 Å². The van der Waals surface area contributed by atoms with E-state index in [4.69, 9.17) is 4.74 Å². The van der Waals surface area contributed by atoms with Crippen molar-refractivity contribution >= 4 is 5.97 Å². The zero-order valence-electron chi connectivity index (χ0n) is 16.5. The summed E-state index contributed by atoms with van der Waals surface area (Å²) in [5, 5.41) is 0. The summed E-state index contributed by atoms with van der Waals surface area (Å²) in [5.41, 5.74) is 0.425. The molecule has 2 aliphatic carbocycles. The van der Waals surface area contributed by atoms with E-state index in [1.54, 1.807) is 0 Å². The molecule has 0 bridgehead atoms. The van der Waals surface area contributed by atoms with E-state index in [2.05, 4.69) is 27.7 Å². The standard InChI is InChI=1S/C12H22O2.C9H18/c1-9(2)14-11(13)10-5-7-12(3,4)8-6-10;1-8(2)9-6-4-3-5-7-9/h9-10H,5-8H2,1-4H3;8-9H,3-7H2,1-2H3. The summed E-state index contributed by atoms with van der Waals surface area (Å²) in [5.74, 6) is 2.16. The SMILES string of the molecule is CC(C)C1CCCCC1.CC(C)OC(=O)C1CCC(C)(C)CC1. The predicted octanol–water partition coefficient (Wildman–Crippen LogP) is 6.38. The Kier molecular flexibility index (Phi) is 8.64. The van der Waals surface area contributed by atoms with Crippen molar-refractivity contribution in [2.24, 2.45) is 23.2 Å². The molecule has 0 atom stereocenters. The van der Waals surface area contributed by atoms with E-state index in [0.29, 0.717) is 5.41 Å². The Labute approximate surface area is 144 Å². The second-order valence-corrected chi connectivity index (χ2v) is 9.07. The van der Waals surface area contributed by atoms with Gasteiger partial charge in [-0.1, -0.05) is 59.8 Å². The molecule has 0 spiro atoms. The van der Waals surface area contributed by atoms with Crippen LogP contribution in [0.25, 0.3) is 0 Å². The number of esters is 1. The molecule has 0 saturated heterocycles. The first kappa shape index (κ1) is 20.5. The number of rotatable bonds is 3. The van der Waals surface area contributed by atoms with Gasteiger partial charge in [0.2, 0.25) is 0 Å². The van der Waals surface area contributed by atoms with Crippen molar-refractivity contribution in [3.8, 4) is 0 Å². The fraction of sp³-hybridized carbons (Fsp3) is 0.952. The zero-order chi connectivity index (χ0) is 17.5. The van der Waals surface area contributed by atoms with Crippen molar-refractivity contribution in [3.63, 3.8) is 0 Å². The van der Waals surface area contributed by atoms with Crippen LogP contribution in [0.3, 0.4) is 0 Å². The second-order valence-electron chi connectivity index (χ2n) is 9.07. The third-order valence-corrected chi connectivity index (χ3v) is 5.62. The quantitative estimate of drug-likeness (QED) is 0.563. The van der Waals surface area contributed by atoms with Gasteiger partial charge in [0, 0.05) is 0 Å². The molecule has 2 fully saturated rings. The van der Waals surface area contributed by atoms with Gasteiger partial charge in [-0.15, -0.1) is 0 Å². The van der Waals surface area contributed by atoms with E-state index < -0.39 is 0 Å². The lowest BCUT2D eigenvalue weighted by atomic mass is 9.73. The molecule has 2 nitrogen and oxygen atoms in total. The molecule has 0 aromatic rings. The maximum Gasteiger partial charge on any atom is 0.309 e. The van der Waals surface area contributed by atoms with Crippen LogP contribution in [-0.2, 0) is 9.53 Å². The van der Waals surface area contributed by atoms with Crippen LogP contribution in [0.1, 0.15) is 99.3 Å². The molecule has 2 aliphatic rings. The minimum atomic E-state index is 0.00972. The zero-order valence-corrected chi connectivity index (χ0v) is 16.5. The molecule has 2 heteroatoms. The number of hydrogen-bond acceptors (Lipinski definition) is 2. The predicted molar refractivity (Wildman–Crippen MR) is 98.4 cm³/mol. The molecule has 0 aliphatic heterocycles. The highest BCUT2D eigenvalue weighted by molar-refractivity contribution is 5.72. The molecule has 0 aromatic heterocycles.